The number of aryl methyl sites for hydroxylation is 2. The number of carbonyl (C=O) groups excluding carboxylic acids is 1. The van der Waals surface area contributed by atoms with Gasteiger partial charge in [0.15, 0.2) is 0 Å². The van der Waals surface area contributed by atoms with E-state index in [0.717, 1.165) is 27.2 Å². The van der Waals surface area contributed by atoms with Crippen LogP contribution in [0.15, 0.2) is 34.7 Å². The zero-order valence-corrected chi connectivity index (χ0v) is 12.7. The number of nitrogens with one attached hydrogen (secondary N) is 1. The van der Waals surface area contributed by atoms with Crippen LogP contribution in [0.1, 0.15) is 26.8 Å². The minimum atomic E-state index is -0.165. The van der Waals surface area contributed by atoms with Crippen LogP contribution in [0.2, 0.25) is 0 Å². The van der Waals surface area contributed by atoms with Gasteiger partial charge in [-0.05, 0) is 31.5 Å². The topological polar surface area (TPSA) is 68.3 Å². The standard InChI is InChI=1S/C16H16N2O2S/c1-9-4-3-5-12-13(17)15(21-14(9)12)16(19)18-8-11-7-6-10(2)20-11/h3-7H,8,17H2,1-2H3,(H,18,19). The van der Waals surface area contributed by atoms with Gasteiger partial charge in [-0.2, -0.15) is 0 Å². The number of fused-ring (bicyclic) bond motifs is 1. The van der Waals surface area contributed by atoms with Crippen molar-refractivity contribution >= 4 is 33.0 Å². The molecule has 1 amide bonds. The van der Waals surface area contributed by atoms with Crippen LogP contribution in [0.4, 0.5) is 5.69 Å². The highest BCUT2D eigenvalue weighted by molar-refractivity contribution is 7.21. The van der Waals surface area contributed by atoms with Gasteiger partial charge in [0.2, 0.25) is 0 Å². The molecule has 0 saturated carbocycles. The summed E-state index contributed by atoms with van der Waals surface area (Å²) in [6.07, 6.45) is 0. The van der Waals surface area contributed by atoms with Crippen LogP contribution >= 0.6 is 11.3 Å². The highest BCUT2D eigenvalue weighted by atomic mass is 32.1. The fraction of sp³-hybridized carbons (Fsp3) is 0.188. The molecule has 0 aliphatic heterocycles. The van der Waals surface area contributed by atoms with Gasteiger partial charge in [-0.1, -0.05) is 18.2 Å². The number of nitrogens with two attached hydrogens (primary N) is 1. The average molecular weight is 300 g/mol. The first-order valence-electron chi connectivity index (χ1n) is 6.67. The third kappa shape index (κ3) is 2.52. The molecule has 5 heteroatoms. The summed E-state index contributed by atoms with van der Waals surface area (Å²) in [6, 6.07) is 9.65. The van der Waals surface area contributed by atoms with Gasteiger partial charge in [-0.15, -0.1) is 11.3 Å². The molecule has 4 nitrogen and oxygen atoms in total. The zero-order valence-electron chi connectivity index (χ0n) is 11.9. The van der Waals surface area contributed by atoms with Crippen molar-refractivity contribution in [3.8, 4) is 0 Å². The van der Waals surface area contributed by atoms with Gasteiger partial charge in [0.05, 0.1) is 12.2 Å². The quantitative estimate of drug-likeness (QED) is 0.776. The summed E-state index contributed by atoms with van der Waals surface area (Å²) in [4.78, 5) is 12.9. The van der Waals surface area contributed by atoms with Crippen molar-refractivity contribution in [2.45, 2.75) is 20.4 Å². The molecule has 3 N–H and O–H groups in total. The summed E-state index contributed by atoms with van der Waals surface area (Å²) in [7, 11) is 0. The van der Waals surface area contributed by atoms with Gasteiger partial charge in [-0.3, -0.25) is 4.79 Å². The largest absolute Gasteiger partial charge is 0.465 e. The first-order chi connectivity index (χ1) is 10.1. The lowest BCUT2D eigenvalue weighted by Crippen LogP contribution is -2.22. The molecule has 0 unspecified atom stereocenters. The Hall–Kier alpha value is -2.27. The second-order valence-electron chi connectivity index (χ2n) is 4.99. The molecule has 0 fully saturated rings. The molecule has 3 rings (SSSR count). The van der Waals surface area contributed by atoms with Gasteiger partial charge in [0, 0.05) is 10.1 Å². The number of nitrogen functional groups attached to an aromatic ring is 1. The first-order valence-corrected chi connectivity index (χ1v) is 7.49. The average Bonchev–Trinajstić information content (AvgIpc) is 3.02. The molecule has 2 aromatic heterocycles. The summed E-state index contributed by atoms with van der Waals surface area (Å²) >= 11 is 1.43. The number of thiophene rings is 1. The number of amides is 1. The molecule has 0 bridgehead atoms. The third-order valence-electron chi connectivity index (χ3n) is 3.38. The van der Waals surface area contributed by atoms with Crippen molar-refractivity contribution in [1.82, 2.24) is 5.32 Å². The Morgan fingerprint density at radius 3 is 2.76 bits per heavy atom. The highest BCUT2D eigenvalue weighted by Crippen LogP contribution is 2.35. The number of carbonyl (C=O) groups is 1. The molecule has 0 radical (unpaired) electrons. The Morgan fingerprint density at radius 2 is 2.10 bits per heavy atom. The summed E-state index contributed by atoms with van der Waals surface area (Å²) in [5.74, 6) is 1.40. The molecule has 2 heterocycles. The number of furan rings is 1. The smallest absolute Gasteiger partial charge is 0.263 e. The molecule has 3 aromatic rings. The summed E-state index contributed by atoms with van der Waals surface area (Å²) < 4.78 is 6.50. The van der Waals surface area contributed by atoms with Crippen LogP contribution in [-0.4, -0.2) is 5.91 Å². The number of hydrogen-bond acceptors (Lipinski definition) is 4. The molecule has 0 spiro atoms. The molecular weight excluding hydrogens is 284 g/mol. The van der Waals surface area contributed by atoms with Crippen molar-refractivity contribution in [3.05, 3.63) is 52.3 Å². The molecule has 1 aromatic carbocycles. The molecule has 0 aliphatic carbocycles. The molecule has 21 heavy (non-hydrogen) atoms. The SMILES string of the molecule is Cc1ccc(CNC(=O)c2sc3c(C)cccc3c2N)o1. The number of rotatable bonds is 3. The predicted molar refractivity (Wildman–Crippen MR) is 85.6 cm³/mol. The van der Waals surface area contributed by atoms with Crippen LogP contribution in [-0.2, 0) is 6.54 Å². The number of anilines is 1. The van der Waals surface area contributed by atoms with Crippen LogP contribution in [0, 0.1) is 13.8 Å². The van der Waals surface area contributed by atoms with Crippen LogP contribution in [0.5, 0.6) is 0 Å². The molecule has 0 aliphatic rings. The minimum Gasteiger partial charge on any atom is -0.465 e. The van der Waals surface area contributed by atoms with E-state index >= 15 is 0 Å². The summed E-state index contributed by atoms with van der Waals surface area (Å²) in [5, 5.41) is 3.79. The van der Waals surface area contributed by atoms with E-state index in [4.69, 9.17) is 10.2 Å². The maximum Gasteiger partial charge on any atom is 0.263 e. The Kier molecular flexibility index (Phi) is 3.43. The Balaban J connectivity index is 1.84. The van der Waals surface area contributed by atoms with Crippen molar-refractivity contribution in [3.63, 3.8) is 0 Å². The van der Waals surface area contributed by atoms with E-state index in [1.54, 1.807) is 0 Å². The van der Waals surface area contributed by atoms with Crippen molar-refractivity contribution < 1.29 is 9.21 Å². The van der Waals surface area contributed by atoms with E-state index in [1.807, 2.05) is 44.2 Å². The lowest BCUT2D eigenvalue weighted by Gasteiger charge is -2.02. The van der Waals surface area contributed by atoms with Gasteiger partial charge >= 0.3 is 0 Å². The Morgan fingerprint density at radius 1 is 1.29 bits per heavy atom. The summed E-state index contributed by atoms with van der Waals surface area (Å²) in [5.41, 5.74) is 7.79. The van der Waals surface area contributed by atoms with E-state index in [0.29, 0.717) is 17.1 Å². The van der Waals surface area contributed by atoms with E-state index in [2.05, 4.69) is 5.32 Å². The van der Waals surface area contributed by atoms with E-state index in [-0.39, 0.29) is 5.91 Å². The monoisotopic (exact) mass is 300 g/mol. The van der Waals surface area contributed by atoms with Crippen LogP contribution in [0.25, 0.3) is 10.1 Å². The van der Waals surface area contributed by atoms with Crippen molar-refractivity contribution in [2.75, 3.05) is 5.73 Å². The summed E-state index contributed by atoms with van der Waals surface area (Å²) in [6.45, 7) is 4.25. The maximum absolute atomic E-state index is 12.3. The molecular formula is C16H16N2O2S. The third-order valence-corrected chi connectivity index (χ3v) is 4.73. The van der Waals surface area contributed by atoms with E-state index in [9.17, 15) is 4.79 Å². The number of benzene rings is 1. The van der Waals surface area contributed by atoms with Crippen molar-refractivity contribution in [2.24, 2.45) is 0 Å². The highest BCUT2D eigenvalue weighted by Gasteiger charge is 2.17. The fourth-order valence-electron chi connectivity index (χ4n) is 2.28. The fourth-order valence-corrected chi connectivity index (χ4v) is 3.38. The number of hydrogen-bond donors (Lipinski definition) is 2. The first kappa shape index (κ1) is 13.7. The van der Waals surface area contributed by atoms with Crippen molar-refractivity contribution in [1.29, 1.82) is 0 Å². The molecule has 0 atom stereocenters. The Bertz CT molecular complexity index is 817. The van der Waals surface area contributed by atoms with Crippen LogP contribution in [0.3, 0.4) is 0 Å². The maximum atomic E-state index is 12.3. The van der Waals surface area contributed by atoms with E-state index in [1.165, 1.54) is 11.3 Å². The normalized spacial score (nSPS) is 11.0. The lowest BCUT2D eigenvalue weighted by atomic mass is 10.1. The molecule has 108 valence electrons. The Labute approximate surface area is 126 Å². The second-order valence-corrected chi connectivity index (χ2v) is 6.01. The predicted octanol–water partition coefficient (Wildman–Crippen LogP) is 3.62. The minimum absolute atomic E-state index is 0.165. The second kappa shape index (κ2) is 5.26. The van der Waals surface area contributed by atoms with Gasteiger partial charge in [0.1, 0.15) is 16.4 Å². The molecule has 0 saturated heterocycles. The van der Waals surface area contributed by atoms with Gasteiger partial charge in [-0.25, -0.2) is 0 Å². The van der Waals surface area contributed by atoms with E-state index < -0.39 is 0 Å². The van der Waals surface area contributed by atoms with Gasteiger partial charge < -0.3 is 15.5 Å². The van der Waals surface area contributed by atoms with Gasteiger partial charge in [0.25, 0.3) is 5.91 Å². The lowest BCUT2D eigenvalue weighted by molar-refractivity contribution is 0.0953. The van der Waals surface area contributed by atoms with Crippen LogP contribution < -0.4 is 11.1 Å². The zero-order chi connectivity index (χ0) is 15.0.